The number of benzene rings is 2. The second-order valence-corrected chi connectivity index (χ2v) is 6.70. The number of anilines is 1. The minimum atomic E-state index is -4.78. The van der Waals surface area contributed by atoms with Crippen molar-refractivity contribution in [2.24, 2.45) is 9.98 Å². The zero-order chi connectivity index (χ0) is 23.1. The summed E-state index contributed by atoms with van der Waals surface area (Å²) in [6.45, 7) is 2.31. The molecule has 11 heteroatoms. The van der Waals surface area contributed by atoms with Crippen LogP contribution >= 0.6 is 0 Å². The van der Waals surface area contributed by atoms with Crippen molar-refractivity contribution in [1.29, 1.82) is 0 Å². The predicted molar refractivity (Wildman–Crippen MR) is 120 cm³/mol. The highest BCUT2D eigenvalue weighted by atomic mass is 19.4. The van der Waals surface area contributed by atoms with Gasteiger partial charge in [0.2, 0.25) is 5.96 Å². The van der Waals surface area contributed by atoms with Crippen molar-refractivity contribution in [2.75, 3.05) is 12.4 Å². The lowest BCUT2D eigenvalue weighted by molar-refractivity contribution is -0.274. The lowest BCUT2D eigenvalue weighted by atomic mass is 10.2. The van der Waals surface area contributed by atoms with E-state index in [-0.39, 0.29) is 21.7 Å². The summed E-state index contributed by atoms with van der Waals surface area (Å²) in [6, 6.07) is 11.7. The molecule has 175 valence electrons. The number of hydrogen-bond donors (Lipinski definition) is 3. The van der Waals surface area contributed by atoms with Gasteiger partial charge in [0.05, 0.1) is 7.11 Å². The molecule has 1 radical (unpaired) electrons. The van der Waals surface area contributed by atoms with E-state index >= 15 is 0 Å². The van der Waals surface area contributed by atoms with Gasteiger partial charge >= 0.3 is 12.4 Å². The number of halogens is 3. The first kappa shape index (κ1) is 23.1. The summed E-state index contributed by atoms with van der Waals surface area (Å²) in [5.41, 5.74) is 1.96. The second-order valence-electron chi connectivity index (χ2n) is 6.70. The summed E-state index contributed by atoms with van der Waals surface area (Å²) in [6.07, 6.45) is -3.37. The van der Waals surface area contributed by atoms with Crippen LogP contribution in [0, 0.1) is 6.42 Å². The van der Waals surface area contributed by atoms with Crippen LogP contribution in [0.5, 0.6) is 11.5 Å². The molecule has 0 spiro atoms. The molecule has 32 heavy (non-hydrogen) atoms. The van der Waals surface area contributed by atoms with Crippen LogP contribution in [0.1, 0.15) is 16.8 Å². The Hall–Kier alpha value is -3.60. The van der Waals surface area contributed by atoms with Gasteiger partial charge in [0.25, 0.3) is 0 Å². The maximum atomic E-state index is 12.2. The molecule has 0 aromatic heterocycles. The highest BCUT2D eigenvalue weighted by Gasteiger charge is 2.31. The predicted octanol–water partition coefficient (Wildman–Crippen LogP) is 4.60. The van der Waals surface area contributed by atoms with Crippen LogP contribution in [0.3, 0.4) is 0 Å². The van der Waals surface area contributed by atoms with E-state index in [9.17, 15) is 18.0 Å². The first-order valence-corrected chi connectivity index (χ1v) is 9.48. The van der Waals surface area contributed by atoms with E-state index in [1.807, 2.05) is 30.7 Å². The largest absolute Gasteiger partial charge is 0.573 e. The van der Waals surface area contributed by atoms with Crippen LogP contribution in [0.4, 0.5) is 23.7 Å². The standard InChI is InChI=1S/C21H21F3N5O3.3H2/c1-13-11-18(25-12-14-3-7-16(31-2)8-4-14)28-19(26-13)29-20(30)27-15-5-9-17(10-6-15)32-21(22,23)24;;;/h3-11,18,25H,12H2,1-2H3,(H2,27,28,29,30);3*1H. The first-order valence-electron chi connectivity index (χ1n) is 9.48. The third-order valence-corrected chi connectivity index (χ3v) is 4.19. The molecular formula is C21H27F3N5O3. The number of carbonyl (C=O) groups is 1. The number of methoxy groups -OCH3 is 1. The quantitative estimate of drug-likeness (QED) is 0.594. The molecule has 0 bridgehead atoms. The number of aliphatic imine (C=N–C) groups is 2. The number of urea groups is 1. The molecule has 0 fully saturated rings. The van der Waals surface area contributed by atoms with E-state index in [0.717, 1.165) is 23.4 Å². The number of guanidine groups is 1. The van der Waals surface area contributed by atoms with Crippen LogP contribution in [0.15, 0.2) is 58.5 Å². The molecule has 1 atom stereocenters. The average Bonchev–Trinajstić information content (AvgIpc) is 2.72. The van der Waals surface area contributed by atoms with Gasteiger partial charge in [-0.05, 0) is 48.9 Å². The topological polar surface area (TPSA) is 96.3 Å². The Morgan fingerprint density at radius 3 is 2.34 bits per heavy atom. The van der Waals surface area contributed by atoms with Gasteiger partial charge in [0.1, 0.15) is 17.7 Å². The number of carbonyl (C=O) groups excluding carboxylic acids is 1. The normalized spacial score (nSPS) is 16.0. The first-order chi connectivity index (χ1) is 15.2. The summed E-state index contributed by atoms with van der Waals surface area (Å²) < 4.78 is 45.6. The molecule has 1 heterocycles. The fourth-order valence-electron chi connectivity index (χ4n) is 2.77. The SMILES string of the molecule is COc1ccc(CNC2[CH]C(C)=NC(NC(=O)Nc3ccc(OC(F)(F)F)cc3)=N2)cc1.[HH].[HH].[HH]. The number of amides is 2. The summed E-state index contributed by atoms with van der Waals surface area (Å²) in [4.78, 5) is 20.7. The Morgan fingerprint density at radius 1 is 1.06 bits per heavy atom. The molecule has 1 aliphatic rings. The van der Waals surface area contributed by atoms with E-state index in [0.29, 0.717) is 12.3 Å². The van der Waals surface area contributed by atoms with Gasteiger partial charge in [-0.1, -0.05) is 12.1 Å². The van der Waals surface area contributed by atoms with Crippen LogP contribution in [0.2, 0.25) is 0 Å². The number of nitrogens with one attached hydrogen (secondary N) is 3. The summed E-state index contributed by atoms with van der Waals surface area (Å²) in [5.74, 6) is 0.479. The van der Waals surface area contributed by atoms with Crippen LogP contribution in [-0.4, -0.2) is 37.3 Å². The highest BCUT2D eigenvalue weighted by Crippen LogP contribution is 2.24. The molecular weight excluding hydrogens is 427 g/mol. The molecule has 2 amide bonds. The summed E-state index contributed by atoms with van der Waals surface area (Å²) in [5, 5.41) is 8.26. The van der Waals surface area contributed by atoms with Crippen LogP contribution < -0.4 is 25.4 Å². The van der Waals surface area contributed by atoms with Crippen molar-refractivity contribution in [3.05, 3.63) is 60.5 Å². The Balaban J connectivity index is 0.00000385. The average molecular weight is 454 g/mol. The Morgan fingerprint density at radius 2 is 1.72 bits per heavy atom. The fourth-order valence-corrected chi connectivity index (χ4v) is 2.77. The smallest absolute Gasteiger partial charge is 0.497 e. The van der Waals surface area contributed by atoms with E-state index in [4.69, 9.17) is 4.74 Å². The van der Waals surface area contributed by atoms with Gasteiger partial charge in [-0.15, -0.1) is 13.2 Å². The number of ether oxygens (including phenoxy) is 2. The molecule has 3 N–H and O–H groups in total. The molecule has 0 saturated heterocycles. The zero-order valence-corrected chi connectivity index (χ0v) is 17.2. The number of hydrogen-bond acceptors (Lipinski definition) is 6. The minimum Gasteiger partial charge on any atom is -0.497 e. The molecule has 2 aromatic rings. The van der Waals surface area contributed by atoms with Gasteiger partial charge in [-0.3, -0.25) is 10.6 Å². The molecule has 0 saturated carbocycles. The van der Waals surface area contributed by atoms with Crippen LogP contribution in [-0.2, 0) is 6.54 Å². The van der Waals surface area contributed by atoms with Gasteiger partial charge in [0.15, 0.2) is 0 Å². The van der Waals surface area contributed by atoms with Crippen molar-refractivity contribution in [3.63, 3.8) is 0 Å². The van der Waals surface area contributed by atoms with Crippen molar-refractivity contribution < 1.29 is 31.7 Å². The van der Waals surface area contributed by atoms with Crippen molar-refractivity contribution in [3.8, 4) is 11.5 Å². The third kappa shape index (κ3) is 7.27. The van der Waals surface area contributed by atoms with Crippen molar-refractivity contribution in [1.82, 2.24) is 10.6 Å². The van der Waals surface area contributed by atoms with Gasteiger partial charge in [-0.2, -0.15) is 0 Å². The van der Waals surface area contributed by atoms with Gasteiger partial charge < -0.3 is 14.8 Å². The lowest BCUT2D eigenvalue weighted by Gasteiger charge is -2.20. The van der Waals surface area contributed by atoms with E-state index in [1.165, 1.54) is 12.1 Å². The Kier molecular flexibility index (Phi) is 7.31. The zero-order valence-electron chi connectivity index (χ0n) is 17.2. The number of alkyl halides is 3. The molecule has 8 nitrogen and oxygen atoms in total. The third-order valence-electron chi connectivity index (χ3n) is 4.19. The maximum absolute atomic E-state index is 12.2. The van der Waals surface area contributed by atoms with Gasteiger partial charge in [0, 0.05) is 28.6 Å². The second kappa shape index (κ2) is 10.1. The highest BCUT2D eigenvalue weighted by molar-refractivity contribution is 6.09. The molecule has 0 aliphatic carbocycles. The lowest BCUT2D eigenvalue weighted by Crippen LogP contribution is -2.40. The maximum Gasteiger partial charge on any atom is 0.573 e. The molecule has 2 aromatic carbocycles. The van der Waals surface area contributed by atoms with E-state index < -0.39 is 18.6 Å². The van der Waals surface area contributed by atoms with Crippen molar-refractivity contribution >= 4 is 23.4 Å². The van der Waals surface area contributed by atoms with E-state index in [1.54, 1.807) is 14.0 Å². The number of rotatable bonds is 6. The molecule has 1 aliphatic heterocycles. The minimum absolute atomic E-state index is 0. The van der Waals surface area contributed by atoms with Gasteiger partial charge in [-0.25, -0.2) is 14.8 Å². The van der Waals surface area contributed by atoms with E-state index in [2.05, 4.69) is 30.7 Å². The number of nitrogens with zero attached hydrogens (tertiary/aromatic N) is 2. The molecule has 3 rings (SSSR count). The van der Waals surface area contributed by atoms with Crippen molar-refractivity contribution in [2.45, 2.75) is 26.0 Å². The monoisotopic (exact) mass is 454 g/mol. The molecule has 1 unspecified atom stereocenters. The summed E-state index contributed by atoms with van der Waals surface area (Å²) in [7, 11) is 1.60. The van der Waals surface area contributed by atoms with Crippen LogP contribution in [0.25, 0.3) is 0 Å². The Labute approximate surface area is 187 Å². The Bertz CT molecular complexity index is 1000. The fraction of sp³-hybridized carbons (Fsp3) is 0.238. The summed E-state index contributed by atoms with van der Waals surface area (Å²) >= 11 is 0.